The van der Waals surface area contributed by atoms with E-state index in [0.29, 0.717) is 0 Å². The van der Waals surface area contributed by atoms with Crippen molar-refractivity contribution in [2.75, 3.05) is 14.1 Å². The molecule has 1 aromatic rings. The van der Waals surface area contributed by atoms with Gasteiger partial charge in [0.15, 0.2) is 0 Å². The number of alkyl halides is 1. The molecule has 2 atom stereocenters. The van der Waals surface area contributed by atoms with Crippen molar-refractivity contribution in [3.05, 3.63) is 35.9 Å². The van der Waals surface area contributed by atoms with Crippen molar-refractivity contribution in [1.29, 1.82) is 0 Å². The average Bonchev–Trinajstić information content (AvgIpc) is 2.81. The van der Waals surface area contributed by atoms with Crippen molar-refractivity contribution < 1.29 is 4.74 Å². The van der Waals surface area contributed by atoms with Crippen LogP contribution in [0.1, 0.15) is 11.7 Å². The Morgan fingerprint density at radius 1 is 1.31 bits per heavy atom. The molecule has 0 amide bonds. The fourth-order valence-corrected chi connectivity index (χ4v) is 1.59. The van der Waals surface area contributed by atoms with Crippen LogP contribution in [-0.4, -0.2) is 24.2 Å². The summed E-state index contributed by atoms with van der Waals surface area (Å²) in [5.74, 6) is 0. The van der Waals surface area contributed by atoms with Gasteiger partial charge in [-0.05, 0) is 19.7 Å². The number of halogens is 1. The third-order valence-electron chi connectivity index (χ3n) is 2.26. The SMILES string of the molecule is CN(C)C1(Cl)OC1c1ccccc1. The van der Waals surface area contributed by atoms with E-state index >= 15 is 0 Å². The minimum absolute atomic E-state index is 0.00497. The smallest absolute Gasteiger partial charge is 0.230 e. The minimum atomic E-state index is -0.624. The number of ether oxygens (including phenoxy) is 1. The summed E-state index contributed by atoms with van der Waals surface area (Å²) >= 11 is 6.18. The van der Waals surface area contributed by atoms with Gasteiger partial charge in [-0.1, -0.05) is 41.9 Å². The van der Waals surface area contributed by atoms with Crippen LogP contribution >= 0.6 is 11.6 Å². The molecule has 2 rings (SSSR count). The molecular formula is C10H12ClNO. The first kappa shape index (κ1) is 9.00. The van der Waals surface area contributed by atoms with Crippen LogP contribution in [0.15, 0.2) is 30.3 Å². The Labute approximate surface area is 83.1 Å². The van der Waals surface area contributed by atoms with E-state index in [1.165, 1.54) is 0 Å². The van der Waals surface area contributed by atoms with E-state index in [4.69, 9.17) is 16.3 Å². The quantitative estimate of drug-likeness (QED) is 0.411. The van der Waals surface area contributed by atoms with Crippen LogP contribution in [0.2, 0.25) is 0 Å². The predicted molar refractivity (Wildman–Crippen MR) is 52.5 cm³/mol. The standard InChI is InChI=1S/C10H12ClNO/c1-12(2)10(11)9(13-10)8-6-4-3-5-7-8/h3-7,9H,1-2H3. The summed E-state index contributed by atoms with van der Waals surface area (Å²) in [6.45, 7) is 0. The van der Waals surface area contributed by atoms with Crippen LogP contribution in [-0.2, 0) is 4.74 Å². The molecule has 70 valence electrons. The predicted octanol–water partition coefficient (Wildman–Crippen LogP) is 2.21. The number of likely N-dealkylation sites (N-methyl/N-ethyl adjacent to an activating group) is 1. The van der Waals surface area contributed by atoms with Crippen molar-refractivity contribution >= 4 is 11.6 Å². The summed E-state index contributed by atoms with van der Waals surface area (Å²) in [4.78, 5) is 1.88. The number of nitrogens with zero attached hydrogens (tertiary/aromatic N) is 1. The Morgan fingerprint density at radius 3 is 2.38 bits per heavy atom. The topological polar surface area (TPSA) is 15.8 Å². The van der Waals surface area contributed by atoms with E-state index < -0.39 is 5.18 Å². The van der Waals surface area contributed by atoms with Crippen molar-refractivity contribution in [1.82, 2.24) is 4.90 Å². The Hall–Kier alpha value is -0.570. The second-order valence-electron chi connectivity index (χ2n) is 3.41. The van der Waals surface area contributed by atoms with E-state index in [1.54, 1.807) is 0 Å². The highest BCUT2D eigenvalue weighted by Crippen LogP contribution is 2.53. The molecule has 3 heteroatoms. The zero-order valence-electron chi connectivity index (χ0n) is 7.70. The van der Waals surface area contributed by atoms with Crippen LogP contribution in [0.5, 0.6) is 0 Å². The van der Waals surface area contributed by atoms with Crippen molar-refractivity contribution in [2.24, 2.45) is 0 Å². The molecule has 0 saturated carbocycles. The van der Waals surface area contributed by atoms with Crippen molar-refractivity contribution in [3.8, 4) is 0 Å². The van der Waals surface area contributed by atoms with Crippen molar-refractivity contribution in [3.63, 3.8) is 0 Å². The van der Waals surface area contributed by atoms with Crippen LogP contribution in [0.3, 0.4) is 0 Å². The summed E-state index contributed by atoms with van der Waals surface area (Å²) in [6, 6.07) is 10.0. The van der Waals surface area contributed by atoms with Gasteiger partial charge in [0.1, 0.15) is 6.10 Å². The Kier molecular flexibility index (Phi) is 2.06. The second kappa shape index (κ2) is 2.98. The number of hydrogen-bond donors (Lipinski definition) is 0. The average molecular weight is 198 g/mol. The maximum Gasteiger partial charge on any atom is 0.230 e. The lowest BCUT2D eigenvalue weighted by molar-refractivity contribution is 0.209. The fourth-order valence-electron chi connectivity index (χ4n) is 1.37. The zero-order chi connectivity index (χ0) is 9.47. The molecule has 0 spiro atoms. The summed E-state index contributed by atoms with van der Waals surface area (Å²) in [7, 11) is 3.83. The second-order valence-corrected chi connectivity index (χ2v) is 3.95. The number of hydrogen-bond acceptors (Lipinski definition) is 2. The van der Waals surface area contributed by atoms with E-state index in [-0.39, 0.29) is 6.10 Å². The molecule has 0 radical (unpaired) electrons. The zero-order valence-corrected chi connectivity index (χ0v) is 8.45. The van der Waals surface area contributed by atoms with Gasteiger partial charge in [0.2, 0.25) is 5.18 Å². The molecule has 2 nitrogen and oxygen atoms in total. The molecular weight excluding hydrogens is 186 g/mol. The third-order valence-corrected chi connectivity index (χ3v) is 2.89. The number of epoxide rings is 1. The summed E-state index contributed by atoms with van der Waals surface area (Å²) in [6.07, 6.45) is 0.00497. The van der Waals surface area contributed by atoms with Crippen LogP contribution in [0.4, 0.5) is 0 Å². The maximum atomic E-state index is 6.18. The van der Waals surface area contributed by atoms with Gasteiger partial charge < -0.3 is 4.74 Å². The van der Waals surface area contributed by atoms with Gasteiger partial charge in [-0.15, -0.1) is 0 Å². The fraction of sp³-hybridized carbons (Fsp3) is 0.400. The molecule has 1 aliphatic heterocycles. The molecule has 13 heavy (non-hydrogen) atoms. The summed E-state index contributed by atoms with van der Waals surface area (Å²) in [5, 5.41) is -0.624. The highest BCUT2D eigenvalue weighted by atomic mass is 35.5. The summed E-state index contributed by atoms with van der Waals surface area (Å²) < 4.78 is 5.44. The third kappa shape index (κ3) is 1.46. The lowest BCUT2D eigenvalue weighted by atomic mass is 10.1. The minimum Gasteiger partial charge on any atom is -0.330 e. The van der Waals surface area contributed by atoms with Gasteiger partial charge in [-0.25, -0.2) is 0 Å². The van der Waals surface area contributed by atoms with Gasteiger partial charge in [-0.3, -0.25) is 4.90 Å². The highest BCUT2D eigenvalue weighted by Gasteiger charge is 2.58. The summed E-state index contributed by atoms with van der Waals surface area (Å²) in [5.41, 5.74) is 1.13. The van der Waals surface area contributed by atoms with Crippen LogP contribution in [0, 0.1) is 0 Å². The molecule has 1 aliphatic rings. The first-order valence-electron chi connectivity index (χ1n) is 4.23. The molecule has 1 fully saturated rings. The van der Waals surface area contributed by atoms with Gasteiger partial charge in [-0.2, -0.15) is 0 Å². The van der Waals surface area contributed by atoms with E-state index in [2.05, 4.69) is 0 Å². The Bertz CT molecular complexity index is 301. The van der Waals surface area contributed by atoms with Gasteiger partial charge in [0.25, 0.3) is 0 Å². The molecule has 0 aromatic heterocycles. The van der Waals surface area contributed by atoms with Gasteiger partial charge in [0, 0.05) is 0 Å². The normalized spacial score (nSPS) is 32.2. The molecule has 1 aromatic carbocycles. The molecule has 1 heterocycles. The largest absolute Gasteiger partial charge is 0.330 e. The first-order valence-corrected chi connectivity index (χ1v) is 4.61. The number of benzene rings is 1. The first-order chi connectivity index (χ1) is 6.14. The van der Waals surface area contributed by atoms with E-state index in [1.807, 2.05) is 49.3 Å². The Balaban J connectivity index is 2.16. The van der Waals surface area contributed by atoms with Gasteiger partial charge >= 0.3 is 0 Å². The van der Waals surface area contributed by atoms with Gasteiger partial charge in [0.05, 0.1) is 0 Å². The molecule has 0 N–H and O–H groups in total. The lowest BCUT2D eigenvalue weighted by Crippen LogP contribution is -2.26. The van der Waals surface area contributed by atoms with Crippen LogP contribution < -0.4 is 0 Å². The molecule has 0 bridgehead atoms. The Morgan fingerprint density at radius 2 is 1.92 bits per heavy atom. The molecule has 2 unspecified atom stereocenters. The van der Waals surface area contributed by atoms with Crippen LogP contribution in [0.25, 0.3) is 0 Å². The van der Waals surface area contributed by atoms with E-state index in [0.717, 1.165) is 5.56 Å². The monoisotopic (exact) mass is 197 g/mol. The molecule has 0 aliphatic carbocycles. The van der Waals surface area contributed by atoms with E-state index in [9.17, 15) is 0 Å². The maximum absolute atomic E-state index is 6.18. The lowest BCUT2D eigenvalue weighted by Gasteiger charge is -2.12. The highest BCUT2D eigenvalue weighted by molar-refractivity contribution is 6.24. The van der Waals surface area contributed by atoms with Crippen molar-refractivity contribution in [2.45, 2.75) is 11.3 Å². The number of rotatable bonds is 2. The molecule has 1 saturated heterocycles.